The van der Waals surface area contributed by atoms with Crippen LogP contribution in [0.15, 0.2) is 41.3 Å². The number of anilines is 1. The zero-order chi connectivity index (χ0) is 14.7. The van der Waals surface area contributed by atoms with E-state index in [0.29, 0.717) is 36.0 Å². The highest BCUT2D eigenvalue weighted by Gasteiger charge is 2.13. The SMILES string of the molecule is C/C(=C\c1cccs1)C(=O)Nc1ccc2c(c1)OCCO2. The third-order valence-electron chi connectivity index (χ3n) is 3.06. The van der Waals surface area contributed by atoms with Crippen LogP contribution in [0.25, 0.3) is 6.08 Å². The number of rotatable bonds is 3. The van der Waals surface area contributed by atoms with Crippen molar-refractivity contribution in [1.29, 1.82) is 0 Å². The molecule has 0 atom stereocenters. The first-order valence-electron chi connectivity index (χ1n) is 6.65. The van der Waals surface area contributed by atoms with Gasteiger partial charge in [0.05, 0.1) is 0 Å². The molecular formula is C16H15NO3S. The fraction of sp³-hybridized carbons (Fsp3) is 0.188. The standard InChI is InChI=1S/C16H15NO3S/c1-11(9-13-3-2-8-21-13)16(18)17-12-4-5-14-15(10-12)20-7-6-19-14/h2-5,8-10H,6-7H2,1H3,(H,17,18)/b11-9+. The van der Waals surface area contributed by atoms with Gasteiger partial charge in [-0.05, 0) is 36.6 Å². The first-order valence-corrected chi connectivity index (χ1v) is 7.53. The molecule has 0 saturated carbocycles. The first kappa shape index (κ1) is 13.7. The first-order chi connectivity index (χ1) is 10.2. The van der Waals surface area contributed by atoms with Crippen molar-refractivity contribution in [3.8, 4) is 11.5 Å². The van der Waals surface area contributed by atoms with E-state index >= 15 is 0 Å². The normalized spacial score (nSPS) is 13.9. The van der Waals surface area contributed by atoms with E-state index in [2.05, 4.69) is 5.32 Å². The maximum atomic E-state index is 12.2. The van der Waals surface area contributed by atoms with Gasteiger partial charge in [0.1, 0.15) is 13.2 Å². The second-order valence-corrected chi connectivity index (χ2v) is 5.63. The van der Waals surface area contributed by atoms with E-state index in [1.165, 1.54) is 0 Å². The Bertz CT molecular complexity index is 677. The molecule has 2 heterocycles. The molecular weight excluding hydrogens is 286 g/mol. The molecule has 0 radical (unpaired) electrons. The van der Waals surface area contributed by atoms with Gasteiger partial charge in [-0.15, -0.1) is 11.3 Å². The van der Waals surface area contributed by atoms with Crippen LogP contribution in [0.2, 0.25) is 0 Å². The van der Waals surface area contributed by atoms with Crippen LogP contribution in [-0.2, 0) is 4.79 Å². The predicted octanol–water partition coefficient (Wildman–Crippen LogP) is 3.56. The van der Waals surface area contributed by atoms with E-state index in [1.807, 2.05) is 35.7 Å². The number of thiophene rings is 1. The third kappa shape index (κ3) is 3.25. The molecule has 1 aromatic heterocycles. The third-order valence-corrected chi connectivity index (χ3v) is 3.88. The largest absolute Gasteiger partial charge is 0.486 e. The molecule has 1 amide bonds. The number of nitrogens with one attached hydrogen (secondary N) is 1. The molecule has 1 N–H and O–H groups in total. The highest BCUT2D eigenvalue weighted by Crippen LogP contribution is 2.32. The summed E-state index contributed by atoms with van der Waals surface area (Å²) in [7, 11) is 0. The molecule has 0 saturated heterocycles. The van der Waals surface area contributed by atoms with Gasteiger partial charge in [0, 0.05) is 22.2 Å². The number of carbonyl (C=O) groups excluding carboxylic acids is 1. The minimum absolute atomic E-state index is 0.125. The molecule has 0 unspecified atom stereocenters. The highest BCUT2D eigenvalue weighted by molar-refractivity contribution is 7.10. The molecule has 5 heteroatoms. The van der Waals surface area contributed by atoms with Crippen molar-refractivity contribution in [2.24, 2.45) is 0 Å². The van der Waals surface area contributed by atoms with Crippen LogP contribution < -0.4 is 14.8 Å². The molecule has 108 valence electrons. The van der Waals surface area contributed by atoms with Gasteiger partial charge in [-0.1, -0.05) is 6.07 Å². The summed E-state index contributed by atoms with van der Waals surface area (Å²) in [5.74, 6) is 1.25. The number of amides is 1. The summed E-state index contributed by atoms with van der Waals surface area (Å²) in [6, 6.07) is 9.34. The molecule has 0 fully saturated rings. The van der Waals surface area contributed by atoms with Crippen molar-refractivity contribution in [3.63, 3.8) is 0 Å². The lowest BCUT2D eigenvalue weighted by molar-refractivity contribution is -0.112. The van der Waals surface area contributed by atoms with Crippen molar-refractivity contribution in [1.82, 2.24) is 0 Å². The fourth-order valence-electron chi connectivity index (χ4n) is 2.00. The van der Waals surface area contributed by atoms with E-state index in [9.17, 15) is 4.79 Å². The van der Waals surface area contributed by atoms with Gasteiger partial charge < -0.3 is 14.8 Å². The number of carbonyl (C=O) groups is 1. The number of hydrogen-bond donors (Lipinski definition) is 1. The Balaban J connectivity index is 1.72. The average molecular weight is 301 g/mol. The van der Waals surface area contributed by atoms with E-state index in [0.717, 1.165) is 4.88 Å². The average Bonchev–Trinajstić information content (AvgIpc) is 3.00. The molecule has 1 aliphatic rings. The summed E-state index contributed by atoms with van der Waals surface area (Å²) in [4.78, 5) is 13.2. The van der Waals surface area contributed by atoms with Gasteiger partial charge in [0.2, 0.25) is 0 Å². The summed E-state index contributed by atoms with van der Waals surface area (Å²) >= 11 is 1.60. The second-order valence-electron chi connectivity index (χ2n) is 4.66. The summed E-state index contributed by atoms with van der Waals surface area (Å²) in [6.45, 7) is 2.89. The molecule has 1 aliphatic heterocycles. The van der Waals surface area contributed by atoms with Gasteiger partial charge in [0.25, 0.3) is 5.91 Å². The fourth-order valence-corrected chi connectivity index (χ4v) is 2.72. The van der Waals surface area contributed by atoms with E-state index < -0.39 is 0 Å². The maximum absolute atomic E-state index is 12.2. The van der Waals surface area contributed by atoms with Crippen LogP contribution in [0.3, 0.4) is 0 Å². The van der Waals surface area contributed by atoms with Gasteiger partial charge in [-0.25, -0.2) is 0 Å². The molecule has 0 spiro atoms. The zero-order valence-corrected chi connectivity index (χ0v) is 12.4. The van der Waals surface area contributed by atoms with Gasteiger partial charge in [0.15, 0.2) is 11.5 Å². The molecule has 2 aromatic rings. The lowest BCUT2D eigenvalue weighted by Gasteiger charge is -2.19. The van der Waals surface area contributed by atoms with Crippen molar-refractivity contribution in [2.45, 2.75) is 6.92 Å². The molecule has 1 aromatic carbocycles. The van der Waals surface area contributed by atoms with Crippen molar-refractivity contribution in [2.75, 3.05) is 18.5 Å². The monoisotopic (exact) mass is 301 g/mol. The van der Waals surface area contributed by atoms with E-state index in [-0.39, 0.29) is 5.91 Å². The summed E-state index contributed by atoms with van der Waals surface area (Å²) in [5, 5.41) is 4.85. The van der Waals surface area contributed by atoms with Crippen molar-refractivity contribution < 1.29 is 14.3 Å². The van der Waals surface area contributed by atoms with Gasteiger partial charge in [-0.2, -0.15) is 0 Å². The van der Waals surface area contributed by atoms with Crippen LogP contribution in [-0.4, -0.2) is 19.1 Å². The number of hydrogen-bond acceptors (Lipinski definition) is 4. The molecule has 0 bridgehead atoms. The smallest absolute Gasteiger partial charge is 0.251 e. The molecule has 3 rings (SSSR count). The van der Waals surface area contributed by atoms with Crippen molar-refractivity contribution >= 4 is 29.0 Å². The van der Waals surface area contributed by atoms with E-state index in [1.54, 1.807) is 24.3 Å². The Labute approximate surface area is 127 Å². The van der Waals surface area contributed by atoms with Gasteiger partial charge in [-0.3, -0.25) is 4.79 Å². The van der Waals surface area contributed by atoms with Crippen molar-refractivity contribution in [3.05, 3.63) is 46.2 Å². The summed E-state index contributed by atoms with van der Waals surface area (Å²) < 4.78 is 11.0. The number of fused-ring (bicyclic) bond motifs is 1. The Morgan fingerprint density at radius 2 is 2.05 bits per heavy atom. The van der Waals surface area contributed by atoms with Crippen LogP contribution in [0.5, 0.6) is 11.5 Å². The van der Waals surface area contributed by atoms with Crippen LogP contribution in [0, 0.1) is 0 Å². The predicted molar refractivity (Wildman–Crippen MR) is 84.0 cm³/mol. The highest BCUT2D eigenvalue weighted by atomic mass is 32.1. The molecule has 21 heavy (non-hydrogen) atoms. The zero-order valence-electron chi connectivity index (χ0n) is 11.6. The maximum Gasteiger partial charge on any atom is 0.251 e. The summed E-state index contributed by atoms with van der Waals surface area (Å²) in [6.07, 6.45) is 1.87. The van der Waals surface area contributed by atoms with Gasteiger partial charge >= 0.3 is 0 Å². The second kappa shape index (κ2) is 6.01. The lowest BCUT2D eigenvalue weighted by atomic mass is 10.2. The Hall–Kier alpha value is -2.27. The topological polar surface area (TPSA) is 47.6 Å². The minimum Gasteiger partial charge on any atom is -0.486 e. The van der Waals surface area contributed by atoms with Crippen LogP contribution in [0.1, 0.15) is 11.8 Å². The van der Waals surface area contributed by atoms with Crippen LogP contribution >= 0.6 is 11.3 Å². The summed E-state index contributed by atoms with van der Waals surface area (Å²) in [5.41, 5.74) is 1.36. The molecule has 0 aliphatic carbocycles. The number of ether oxygens (including phenoxy) is 2. The Morgan fingerprint density at radius 1 is 1.24 bits per heavy atom. The molecule has 4 nitrogen and oxygen atoms in total. The Kier molecular flexibility index (Phi) is 3.92. The quantitative estimate of drug-likeness (QED) is 0.882. The minimum atomic E-state index is -0.125. The lowest BCUT2D eigenvalue weighted by Crippen LogP contribution is -2.16. The van der Waals surface area contributed by atoms with Crippen LogP contribution in [0.4, 0.5) is 5.69 Å². The number of benzene rings is 1. The Morgan fingerprint density at radius 3 is 2.81 bits per heavy atom. The van der Waals surface area contributed by atoms with E-state index in [4.69, 9.17) is 9.47 Å².